The Labute approximate surface area is 120 Å². The zero-order valence-corrected chi connectivity index (χ0v) is 13.8. The van der Waals surface area contributed by atoms with Crippen molar-refractivity contribution in [3.05, 3.63) is 0 Å². The van der Waals surface area contributed by atoms with Crippen molar-refractivity contribution >= 4 is 32.6 Å². The molecule has 0 aromatic heterocycles. The minimum absolute atomic E-state index is 0. The molecule has 4 bridgehead atoms. The van der Waals surface area contributed by atoms with Crippen molar-refractivity contribution < 1.29 is 0 Å². The fourth-order valence-electron chi connectivity index (χ4n) is 4.86. The van der Waals surface area contributed by atoms with Gasteiger partial charge in [-0.2, -0.15) is 0 Å². The third kappa shape index (κ3) is 2.60. The van der Waals surface area contributed by atoms with E-state index in [2.05, 4.69) is 6.92 Å². The van der Waals surface area contributed by atoms with Gasteiger partial charge in [0.25, 0.3) is 0 Å². The van der Waals surface area contributed by atoms with Crippen LogP contribution in [0.3, 0.4) is 0 Å². The lowest BCUT2D eigenvalue weighted by molar-refractivity contribution is 0.0367. The lowest BCUT2D eigenvalue weighted by atomic mass is 9.56. The van der Waals surface area contributed by atoms with E-state index in [0.717, 1.165) is 22.9 Å². The first-order valence-corrected chi connectivity index (χ1v) is 8.25. The molecule has 4 aliphatic rings. The molecule has 0 saturated heterocycles. The zero-order valence-electron chi connectivity index (χ0n) is 10.5. The third-order valence-corrected chi connectivity index (χ3v) is 7.03. The lowest BCUT2D eigenvalue weighted by Gasteiger charge is -2.57. The van der Waals surface area contributed by atoms with Gasteiger partial charge in [-0.3, -0.25) is 0 Å². The normalized spacial score (nSPS) is 45.2. The van der Waals surface area contributed by atoms with Crippen LogP contribution in [-0.4, -0.2) is 11.3 Å². The van der Waals surface area contributed by atoms with Gasteiger partial charge in [-0.1, -0.05) is 13.3 Å². The number of rotatable bonds is 4. The van der Waals surface area contributed by atoms with Crippen LogP contribution in [0, 0.1) is 17.8 Å². The van der Waals surface area contributed by atoms with Crippen molar-refractivity contribution in [1.29, 1.82) is 0 Å². The molecule has 94 valence electrons. The summed E-state index contributed by atoms with van der Waals surface area (Å²) in [6, 6.07) is 0. The standard InChI is InChI=1S/C14H25P.HI/c1-2-3-4-15-14-8-11-5-12(9-14)7-13(6-11)10-14;/h11-13,15H,2-10H2,1H3;1H. The van der Waals surface area contributed by atoms with Gasteiger partial charge in [0.15, 0.2) is 0 Å². The molecule has 0 heterocycles. The van der Waals surface area contributed by atoms with Gasteiger partial charge in [-0.25, -0.2) is 0 Å². The summed E-state index contributed by atoms with van der Waals surface area (Å²) in [6.07, 6.45) is 14.1. The number of unbranched alkanes of at least 4 members (excludes halogenated alkanes) is 1. The molecule has 0 aliphatic heterocycles. The largest absolute Gasteiger partial charge is 0.116 e. The molecule has 16 heavy (non-hydrogen) atoms. The molecule has 0 radical (unpaired) electrons. The first-order chi connectivity index (χ1) is 7.30. The highest BCUT2D eigenvalue weighted by atomic mass is 127. The van der Waals surface area contributed by atoms with Crippen molar-refractivity contribution in [2.75, 3.05) is 6.16 Å². The second-order valence-corrected chi connectivity index (χ2v) is 8.39. The van der Waals surface area contributed by atoms with Crippen LogP contribution in [0.2, 0.25) is 0 Å². The van der Waals surface area contributed by atoms with Crippen LogP contribution in [-0.2, 0) is 0 Å². The molecule has 0 amide bonds. The van der Waals surface area contributed by atoms with Crippen LogP contribution in [0.4, 0.5) is 0 Å². The fraction of sp³-hybridized carbons (Fsp3) is 1.00. The molecule has 4 fully saturated rings. The summed E-state index contributed by atoms with van der Waals surface area (Å²) in [7, 11) is 1.31. The first-order valence-electron chi connectivity index (χ1n) is 7.05. The molecule has 0 N–H and O–H groups in total. The average molecular weight is 352 g/mol. The molecule has 4 aliphatic carbocycles. The zero-order chi connectivity index (χ0) is 10.3. The Kier molecular flexibility index (Phi) is 4.61. The summed E-state index contributed by atoms with van der Waals surface area (Å²) in [6.45, 7) is 2.34. The predicted molar refractivity (Wildman–Crippen MR) is 84.4 cm³/mol. The molecular formula is C14H26IP. The van der Waals surface area contributed by atoms with Gasteiger partial charge in [0, 0.05) is 0 Å². The van der Waals surface area contributed by atoms with Crippen LogP contribution in [0.15, 0.2) is 0 Å². The Morgan fingerprint density at radius 3 is 1.94 bits per heavy atom. The highest BCUT2D eigenvalue weighted by Crippen LogP contribution is 2.62. The maximum absolute atomic E-state index is 2.34. The minimum Gasteiger partial charge on any atom is -0.116 e. The van der Waals surface area contributed by atoms with Gasteiger partial charge in [0.1, 0.15) is 0 Å². The van der Waals surface area contributed by atoms with E-state index in [1.54, 1.807) is 44.7 Å². The van der Waals surface area contributed by atoms with Gasteiger partial charge in [-0.05, 0) is 74.0 Å². The highest BCUT2D eigenvalue weighted by molar-refractivity contribution is 14.0. The highest BCUT2D eigenvalue weighted by Gasteiger charge is 2.50. The molecule has 0 aromatic carbocycles. The van der Waals surface area contributed by atoms with Gasteiger partial charge in [-0.15, -0.1) is 32.6 Å². The SMILES string of the molecule is CCCCPC12CC3CC(CC(C3)C1)C2.I. The second-order valence-electron chi connectivity index (χ2n) is 6.48. The van der Waals surface area contributed by atoms with Crippen LogP contribution in [0.25, 0.3) is 0 Å². The van der Waals surface area contributed by atoms with Gasteiger partial charge in [0.05, 0.1) is 0 Å². The van der Waals surface area contributed by atoms with E-state index in [1.165, 1.54) is 21.4 Å². The molecule has 4 saturated carbocycles. The molecule has 4 rings (SSSR count). The Balaban J connectivity index is 0.000000963. The molecular weight excluding hydrogens is 326 g/mol. The summed E-state index contributed by atoms with van der Waals surface area (Å²) >= 11 is 0. The van der Waals surface area contributed by atoms with Crippen LogP contribution < -0.4 is 0 Å². The monoisotopic (exact) mass is 352 g/mol. The van der Waals surface area contributed by atoms with Crippen LogP contribution in [0.1, 0.15) is 58.3 Å². The van der Waals surface area contributed by atoms with E-state index in [-0.39, 0.29) is 24.0 Å². The quantitative estimate of drug-likeness (QED) is 0.377. The van der Waals surface area contributed by atoms with Crippen LogP contribution in [0.5, 0.6) is 0 Å². The van der Waals surface area contributed by atoms with E-state index in [1.807, 2.05) is 0 Å². The Hall–Kier alpha value is 1.16. The summed E-state index contributed by atoms with van der Waals surface area (Å²) in [5, 5.41) is 0.879. The maximum atomic E-state index is 2.34. The summed E-state index contributed by atoms with van der Waals surface area (Å²) < 4.78 is 0. The van der Waals surface area contributed by atoms with E-state index < -0.39 is 0 Å². The number of hydrogen-bond acceptors (Lipinski definition) is 0. The van der Waals surface area contributed by atoms with Crippen LogP contribution >= 0.6 is 32.6 Å². The van der Waals surface area contributed by atoms with Gasteiger partial charge in [0.2, 0.25) is 0 Å². The summed E-state index contributed by atoms with van der Waals surface area (Å²) in [5.41, 5.74) is 0. The molecule has 0 nitrogen and oxygen atoms in total. The van der Waals surface area contributed by atoms with Crippen molar-refractivity contribution in [3.63, 3.8) is 0 Å². The van der Waals surface area contributed by atoms with Crippen molar-refractivity contribution in [1.82, 2.24) is 0 Å². The molecule has 2 heteroatoms. The topological polar surface area (TPSA) is 0 Å². The van der Waals surface area contributed by atoms with E-state index in [4.69, 9.17) is 0 Å². The van der Waals surface area contributed by atoms with E-state index >= 15 is 0 Å². The first kappa shape index (κ1) is 13.6. The average Bonchev–Trinajstić information content (AvgIpc) is 2.15. The smallest absolute Gasteiger partial charge is 0.0114 e. The van der Waals surface area contributed by atoms with Crippen molar-refractivity contribution in [2.24, 2.45) is 17.8 Å². The molecule has 1 atom stereocenters. The molecule has 1 unspecified atom stereocenters. The predicted octanol–water partition coefficient (Wildman–Crippen LogP) is 5.05. The Morgan fingerprint density at radius 2 is 1.50 bits per heavy atom. The van der Waals surface area contributed by atoms with Gasteiger partial charge < -0.3 is 0 Å². The summed E-state index contributed by atoms with van der Waals surface area (Å²) in [4.78, 5) is 0. The molecule has 0 aromatic rings. The second kappa shape index (κ2) is 5.43. The van der Waals surface area contributed by atoms with Crippen molar-refractivity contribution in [3.8, 4) is 0 Å². The maximum Gasteiger partial charge on any atom is -0.0114 e. The van der Waals surface area contributed by atoms with Crippen molar-refractivity contribution in [2.45, 2.75) is 63.4 Å². The summed E-state index contributed by atoms with van der Waals surface area (Å²) in [5.74, 6) is 3.47. The number of hydrogen-bond donors (Lipinski definition) is 0. The minimum atomic E-state index is 0. The Morgan fingerprint density at radius 1 is 1.00 bits per heavy atom. The number of halogens is 1. The lowest BCUT2D eigenvalue weighted by Crippen LogP contribution is -2.48. The Bertz CT molecular complexity index is 204. The van der Waals surface area contributed by atoms with E-state index in [9.17, 15) is 0 Å². The fourth-order valence-corrected chi connectivity index (χ4v) is 7.22. The molecule has 0 spiro atoms. The van der Waals surface area contributed by atoms with Gasteiger partial charge >= 0.3 is 0 Å². The van der Waals surface area contributed by atoms with E-state index in [0.29, 0.717) is 0 Å². The third-order valence-electron chi connectivity index (χ3n) is 5.07.